The van der Waals surface area contributed by atoms with E-state index in [1.165, 1.54) is 0 Å². The van der Waals surface area contributed by atoms with Gasteiger partial charge in [-0.15, -0.1) is 0 Å². The van der Waals surface area contributed by atoms with Crippen molar-refractivity contribution in [1.82, 2.24) is 9.97 Å². The van der Waals surface area contributed by atoms with Crippen LogP contribution >= 0.6 is 23.2 Å². The largest absolute Gasteiger partial charge is 0.439 e. The average Bonchev–Trinajstić information content (AvgIpc) is 2.38. The number of halogens is 2. The van der Waals surface area contributed by atoms with E-state index in [1.807, 2.05) is 13.8 Å². The highest BCUT2D eigenvalue weighted by molar-refractivity contribution is 6.42. The Bertz CT molecular complexity index is 590. The van der Waals surface area contributed by atoms with Crippen LogP contribution in [0.1, 0.15) is 12.5 Å². The summed E-state index contributed by atoms with van der Waals surface area (Å²) in [5.74, 6) is 1.60. The van der Waals surface area contributed by atoms with Gasteiger partial charge in [-0.05, 0) is 26.0 Å². The van der Waals surface area contributed by atoms with Crippen LogP contribution < -0.4 is 10.1 Å². The van der Waals surface area contributed by atoms with Crippen molar-refractivity contribution in [2.45, 2.75) is 13.8 Å². The van der Waals surface area contributed by atoms with Crippen LogP contribution in [0.3, 0.4) is 0 Å². The highest BCUT2D eigenvalue weighted by Gasteiger charge is 2.07. The fourth-order valence-corrected chi connectivity index (χ4v) is 1.71. The highest BCUT2D eigenvalue weighted by atomic mass is 35.5. The molecule has 0 saturated heterocycles. The molecule has 0 aliphatic heterocycles. The van der Waals surface area contributed by atoms with Gasteiger partial charge in [-0.3, -0.25) is 0 Å². The van der Waals surface area contributed by atoms with E-state index in [-0.39, 0.29) is 0 Å². The summed E-state index contributed by atoms with van der Waals surface area (Å²) >= 11 is 11.8. The molecule has 0 atom stereocenters. The quantitative estimate of drug-likeness (QED) is 0.913. The summed E-state index contributed by atoms with van der Waals surface area (Å²) in [6.07, 6.45) is 1.71. The SMILES string of the molecule is CCNc1ncc(C)c(Oc2ccc(Cl)c(Cl)c2)n1. The molecule has 0 bridgehead atoms. The Labute approximate surface area is 121 Å². The summed E-state index contributed by atoms with van der Waals surface area (Å²) in [4.78, 5) is 8.44. The van der Waals surface area contributed by atoms with Crippen LogP contribution in [0.15, 0.2) is 24.4 Å². The van der Waals surface area contributed by atoms with Crippen molar-refractivity contribution in [3.8, 4) is 11.6 Å². The van der Waals surface area contributed by atoms with E-state index in [0.29, 0.717) is 27.6 Å². The fourth-order valence-electron chi connectivity index (χ4n) is 1.42. The van der Waals surface area contributed by atoms with Crippen molar-refractivity contribution < 1.29 is 4.74 Å². The lowest BCUT2D eigenvalue weighted by molar-refractivity contribution is 0.458. The minimum atomic E-state index is 0.442. The molecular weight excluding hydrogens is 285 g/mol. The highest BCUT2D eigenvalue weighted by Crippen LogP contribution is 2.29. The molecule has 0 fully saturated rings. The van der Waals surface area contributed by atoms with Crippen LogP contribution in [-0.4, -0.2) is 16.5 Å². The van der Waals surface area contributed by atoms with Crippen LogP contribution in [0, 0.1) is 6.92 Å². The lowest BCUT2D eigenvalue weighted by atomic mass is 10.3. The maximum Gasteiger partial charge on any atom is 0.226 e. The normalized spacial score (nSPS) is 10.3. The Kier molecular flexibility index (Phi) is 4.45. The summed E-state index contributed by atoms with van der Waals surface area (Å²) in [7, 11) is 0. The van der Waals surface area contributed by atoms with Gasteiger partial charge in [-0.1, -0.05) is 23.2 Å². The molecule has 6 heteroatoms. The predicted molar refractivity (Wildman–Crippen MR) is 77.5 cm³/mol. The van der Waals surface area contributed by atoms with Crippen molar-refractivity contribution in [1.29, 1.82) is 0 Å². The van der Waals surface area contributed by atoms with Crippen LogP contribution in [0.5, 0.6) is 11.6 Å². The zero-order valence-electron chi connectivity index (χ0n) is 10.6. The fraction of sp³-hybridized carbons (Fsp3) is 0.231. The van der Waals surface area contributed by atoms with Crippen molar-refractivity contribution in [2.75, 3.05) is 11.9 Å². The third kappa shape index (κ3) is 3.49. The first kappa shape index (κ1) is 13.9. The van der Waals surface area contributed by atoms with E-state index in [2.05, 4.69) is 15.3 Å². The van der Waals surface area contributed by atoms with Gasteiger partial charge < -0.3 is 10.1 Å². The molecule has 2 aromatic rings. The molecule has 1 aromatic carbocycles. The molecular formula is C13H13Cl2N3O. The predicted octanol–water partition coefficient (Wildman–Crippen LogP) is 4.32. The number of aromatic nitrogens is 2. The van der Waals surface area contributed by atoms with Gasteiger partial charge >= 0.3 is 0 Å². The Morgan fingerprint density at radius 1 is 1.26 bits per heavy atom. The molecule has 0 unspecified atom stereocenters. The van der Waals surface area contributed by atoms with Crippen LogP contribution in [-0.2, 0) is 0 Å². The number of hydrogen-bond donors (Lipinski definition) is 1. The second kappa shape index (κ2) is 6.08. The lowest BCUT2D eigenvalue weighted by Gasteiger charge is -2.09. The molecule has 0 saturated carbocycles. The summed E-state index contributed by atoms with van der Waals surface area (Å²) in [6.45, 7) is 4.60. The first-order chi connectivity index (χ1) is 9.10. The van der Waals surface area contributed by atoms with E-state index >= 15 is 0 Å². The number of hydrogen-bond acceptors (Lipinski definition) is 4. The van der Waals surface area contributed by atoms with Crippen LogP contribution in [0.25, 0.3) is 0 Å². The monoisotopic (exact) mass is 297 g/mol. The standard InChI is InChI=1S/C13H13Cl2N3O/c1-3-16-13-17-7-8(2)12(18-13)19-9-4-5-10(14)11(15)6-9/h4-7H,3H2,1-2H3,(H,16,17,18). The van der Waals surface area contributed by atoms with Crippen LogP contribution in [0.2, 0.25) is 10.0 Å². The van der Waals surface area contributed by atoms with E-state index in [1.54, 1.807) is 24.4 Å². The second-order valence-electron chi connectivity index (χ2n) is 3.89. The second-order valence-corrected chi connectivity index (χ2v) is 4.70. The number of ether oxygens (including phenoxy) is 1. The van der Waals surface area contributed by atoms with Gasteiger partial charge in [-0.2, -0.15) is 4.98 Å². The topological polar surface area (TPSA) is 47.0 Å². The average molecular weight is 298 g/mol. The molecule has 0 aliphatic carbocycles. The molecule has 0 amide bonds. The number of benzene rings is 1. The van der Waals surface area contributed by atoms with Gasteiger partial charge in [0.2, 0.25) is 11.8 Å². The van der Waals surface area contributed by atoms with Gasteiger partial charge in [-0.25, -0.2) is 4.98 Å². The summed E-state index contributed by atoms with van der Waals surface area (Å²) < 4.78 is 5.70. The zero-order chi connectivity index (χ0) is 13.8. The molecule has 4 nitrogen and oxygen atoms in total. The van der Waals surface area contributed by atoms with Gasteiger partial charge in [0.1, 0.15) is 5.75 Å². The smallest absolute Gasteiger partial charge is 0.226 e. The summed E-state index contributed by atoms with van der Waals surface area (Å²) in [5, 5.41) is 3.96. The molecule has 1 N–H and O–H groups in total. The van der Waals surface area contributed by atoms with Crippen molar-refractivity contribution in [3.63, 3.8) is 0 Å². The van der Waals surface area contributed by atoms with Crippen molar-refractivity contribution in [3.05, 3.63) is 40.0 Å². The molecule has 1 aromatic heterocycles. The van der Waals surface area contributed by atoms with Crippen molar-refractivity contribution in [2.24, 2.45) is 0 Å². The molecule has 2 rings (SSSR count). The first-order valence-electron chi connectivity index (χ1n) is 5.80. The maximum absolute atomic E-state index is 5.94. The van der Waals surface area contributed by atoms with Gasteiger partial charge in [0, 0.05) is 24.4 Å². The van der Waals surface area contributed by atoms with E-state index < -0.39 is 0 Å². The van der Waals surface area contributed by atoms with E-state index in [0.717, 1.165) is 12.1 Å². The third-order valence-electron chi connectivity index (χ3n) is 2.37. The number of aryl methyl sites for hydroxylation is 1. The Balaban J connectivity index is 2.26. The molecule has 1 heterocycles. The molecule has 0 spiro atoms. The summed E-state index contributed by atoms with van der Waals surface area (Å²) in [5.41, 5.74) is 0.840. The zero-order valence-corrected chi connectivity index (χ0v) is 12.1. The minimum absolute atomic E-state index is 0.442. The summed E-state index contributed by atoms with van der Waals surface area (Å²) in [6, 6.07) is 5.07. The Morgan fingerprint density at radius 3 is 2.74 bits per heavy atom. The number of nitrogens with one attached hydrogen (secondary N) is 1. The van der Waals surface area contributed by atoms with Gasteiger partial charge in [0.25, 0.3) is 0 Å². The van der Waals surface area contributed by atoms with E-state index in [4.69, 9.17) is 27.9 Å². The van der Waals surface area contributed by atoms with Crippen molar-refractivity contribution >= 4 is 29.2 Å². The Morgan fingerprint density at radius 2 is 2.05 bits per heavy atom. The molecule has 19 heavy (non-hydrogen) atoms. The lowest BCUT2D eigenvalue weighted by Crippen LogP contribution is -2.03. The van der Waals surface area contributed by atoms with E-state index in [9.17, 15) is 0 Å². The number of nitrogens with zero attached hydrogens (tertiary/aromatic N) is 2. The number of rotatable bonds is 4. The van der Waals surface area contributed by atoms with Gasteiger partial charge in [0.05, 0.1) is 10.0 Å². The molecule has 0 radical (unpaired) electrons. The number of anilines is 1. The maximum atomic E-state index is 5.94. The molecule has 100 valence electrons. The molecule has 0 aliphatic rings. The Hall–Kier alpha value is -1.52. The van der Waals surface area contributed by atoms with Crippen LogP contribution in [0.4, 0.5) is 5.95 Å². The minimum Gasteiger partial charge on any atom is -0.439 e. The first-order valence-corrected chi connectivity index (χ1v) is 6.56. The van der Waals surface area contributed by atoms with Gasteiger partial charge in [0.15, 0.2) is 0 Å². The third-order valence-corrected chi connectivity index (χ3v) is 3.10.